The topological polar surface area (TPSA) is 104 Å². The number of nitrogens with zero attached hydrogens (tertiary/aromatic N) is 2. The summed E-state index contributed by atoms with van der Waals surface area (Å²) in [6, 6.07) is 24.6. The Morgan fingerprint density at radius 2 is 1.67 bits per heavy atom. The van der Waals surface area contributed by atoms with E-state index in [1.54, 1.807) is 6.07 Å². The highest BCUT2D eigenvalue weighted by Gasteiger charge is 2.19. The first kappa shape index (κ1) is 23.6. The van der Waals surface area contributed by atoms with Crippen molar-refractivity contribution in [2.24, 2.45) is 5.73 Å². The Morgan fingerprint density at radius 1 is 0.917 bits per heavy atom. The third-order valence-corrected chi connectivity index (χ3v) is 6.44. The Labute approximate surface area is 209 Å². The second-order valence-electron chi connectivity index (χ2n) is 8.82. The summed E-state index contributed by atoms with van der Waals surface area (Å²) in [7, 11) is 0. The molecule has 0 saturated carbocycles. The van der Waals surface area contributed by atoms with E-state index < -0.39 is 5.91 Å². The zero-order valence-corrected chi connectivity index (χ0v) is 19.9. The number of ether oxygens (including phenoxy) is 1. The highest BCUT2D eigenvalue weighted by Crippen LogP contribution is 2.27. The molecule has 8 nitrogen and oxygen atoms in total. The Kier molecular flexibility index (Phi) is 6.97. The highest BCUT2D eigenvalue weighted by molar-refractivity contribution is 6.06. The molecule has 1 fully saturated rings. The first-order valence-electron chi connectivity index (χ1n) is 12.0. The van der Waals surface area contributed by atoms with Gasteiger partial charge in [0, 0.05) is 60.4 Å². The van der Waals surface area contributed by atoms with Gasteiger partial charge in [-0.3, -0.25) is 19.9 Å². The number of nitrogens with one attached hydrogen (secondary N) is 2. The van der Waals surface area contributed by atoms with Crippen LogP contribution in [0.2, 0.25) is 0 Å². The maximum absolute atomic E-state index is 12.3. The number of hydrazine groups is 1. The van der Waals surface area contributed by atoms with E-state index in [0.717, 1.165) is 60.6 Å². The number of hydrogen-bond acceptors (Lipinski definition) is 5. The van der Waals surface area contributed by atoms with Gasteiger partial charge >= 0.3 is 0 Å². The predicted octanol–water partition coefficient (Wildman–Crippen LogP) is 3.28. The monoisotopic (exact) mass is 483 g/mol. The van der Waals surface area contributed by atoms with Crippen LogP contribution in [0.25, 0.3) is 22.2 Å². The third kappa shape index (κ3) is 5.40. The minimum Gasteiger partial charge on any atom is -0.492 e. The molecule has 0 spiro atoms. The molecule has 4 aromatic rings. The molecular formula is C28H29N5O3. The van der Waals surface area contributed by atoms with Crippen molar-refractivity contribution < 1.29 is 14.3 Å². The quantitative estimate of drug-likeness (QED) is 0.357. The van der Waals surface area contributed by atoms with E-state index in [4.69, 9.17) is 10.5 Å². The average molecular weight is 484 g/mol. The fraction of sp³-hybridized carbons (Fsp3) is 0.214. The van der Waals surface area contributed by atoms with Crippen molar-refractivity contribution in [3.63, 3.8) is 0 Å². The highest BCUT2D eigenvalue weighted by atomic mass is 16.5. The van der Waals surface area contributed by atoms with Gasteiger partial charge in [0.25, 0.3) is 5.91 Å². The summed E-state index contributed by atoms with van der Waals surface area (Å²) in [4.78, 5) is 29.7. The normalized spacial score (nSPS) is 14.6. The van der Waals surface area contributed by atoms with Crippen molar-refractivity contribution in [3.8, 4) is 17.0 Å². The maximum atomic E-state index is 12.3. The lowest BCUT2D eigenvalue weighted by atomic mass is 10.1. The number of carbonyl (C=O) groups is 2. The van der Waals surface area contributed by atoms with Gasteiger partial charge in [0.15, 0.2) is 0 Å². The number of primary amides is 1. The van der Waals surface area contributed by atoms with Gasteiger partial charge in [0.1, 0.15) is 12.4 Å². The largest absolute Gasteiger partial charge is 0.492 e. The van der Waals surface area contributed by atoms with Crippen molar-refractivity contribution in [1.29, 1.82) is 0 Å². The summed E-state index contributed by atoms with van der Waals surface area (Å²) in [5.41, 5.74) is 12.5. The van der Waals surface area contributed by atoms with Crippen LogP contribution in [0.1, 0.15) is 20.7 Å². The second-order valence-corrected chi connectivity index (χ2v) is 8.82. The molecule has 1 aliphatic heterocycles. The molecule has 2 heterocycles. The van der Waals surface area contributed by atoms with Crippen molar-refractivity contribution in [2.75, 3.05) is 39.3 Å². The van der Waals surface area contributed by atoms with Crippen LogP contribution >= 0.6 is 0 Å². The lowest BCUT2D eigenvalue weighted by molar-refractivity contribution is 0.0590. The van der Waals surface area contributed by atoms with Crippen LogP contribution in [-0.2, 0) is 0 Å². The standard InChI is InChI=1S/C28H29N5O3/c29-27(34)23-7-4-8-25-24(23)19-26(30-25)20-9-11-22(12-10-20)36-18-17-32-13-15-33(16-14-32)31-28(35)21-5-2-1-3-6-21/h1-12,19,30H,13-18H2,(H2,29,34)(H,31,35). The minimum absolute atomic E-state index is 0.0726. The molecule has 0 bridgehead atoms. The zero-order valence-electron chi connectivity index (χ0n) is 19.9. The number of hydrogen-bond donors (Lipinski definition) is 3. The molecular weight excluding hydrogens is 454 g/mol. The molecule has 4 N–H and O–H groups in total. The number of aromatic nitrogens is 1. The van der Waals surface area contributed by atoms with Gasteiger partial charge < -0.3 is 15.5 Å². The summed E-state index contributed by atoms with van der Waals surface area (Å²) in [5.74, 6) is 0.297. The fourth-order valence-electron chi connectivity index (χ4n) is 4.43. The SMILES string of the molecule is NC(=O)c1cccc2[nH]c(-c3ccc(OCCN4CCN(NC(=O)c5ccccc5)CC4)cc3)cc12. The molecule has 36 heavy (non-hydrogen) atoms. The number of benzene rings is 3. The Morgan fingerprint density at radius 3 is 2.39 bits per heavy atom. The molecule has 1 saturated heterocycles. The van der Waals surface area contributed by atoms with E-state index >= 15 is 0 Å². The van der Waals surface area contributed by atoms with E-state index in [1.807, 2.05) is 77.8 Å². The van der Waals surface area contributed by atoms with Crippen molar-refractivity contribution >= 4 is 22.7 Å². The number of carbonyl (C=O) groups excluding carboxylic acids is 2. The predicted molar refractivity (Wildman–Crippen MR) is 140 cm³/mol. The molecule has 3 aromatic carbocycles. The van der Waals surface area contributed by atoms with E-state index in [0.29, 0.717) is 17.7 Å². The molecule has 5 rings (SSSR count). The first-order chi connectivity index (χ1) is 17.6. The van der Waals surface area contributed by atoms with Gasteiger partial charge in [0.05, 0.1) is 0 Å². The molecule has 0 atom stereocenters. The number of fused-ring (bicyclic) bond motifs is 1. The zero-order chi connectivity index (χ0) is 24.9. The molecule has 1 aliphatic rings. The maximum Gasteiger partial charge on any atom is 0.265 e. The number of H-pyrrole nitrogens is 1. The number of rotatable bonds is 8. The van der Waals surface area contributed by atoms with Crippen molar-refractivity contribution in [3.05, 3.63) is 90.0 Å². The van der Waals surface area contributed by atoms with Gasteiger partial charge in [-0.05, 0) is 60.2 Å². The molecule has 0 radical (unpaired) electrons. The number of amides is 2. The number of aromatic amines is 1. The van der Waals surface area contributed by atoms with E-state index in [-0.39, 0.29) is 5.91 Å². The number of piperazine rings is 1. The summed E-state index contributed by atoms with van der Waals surface area (Å²) in [5, 5.41) is 2.79. The molecule has 0 aliphatic carbocycles. The summed E-state index contributed by atoms with van der Waals surface area (Å²) in [6.45, 7) is 4.69. The molecule has 0 unspecified atom stereocenters. The Bertz CT molecular complexity index is 1340. The van der Waals surface area contributed by atoms with Gasteiger partial charge in [-0.2, -0.15) is 0 Å². The van der Waals surface area contributed by atoms with E-state index in [9.17, 15) is 9.59 Å². The van der Waals surface area contributed by atoms with Crippen LogP contribution in [0.4, 0.5) is 0 Å². The average Bonchev–Trinajstić information content (AvgIpc) is 3.35. The van der Waals surface area contributed by atoms with Crippen LogP contribution in [0, 0.1) is 0 Å². The fourth-order valence-corrected chi connectivity index (χ4v) is 4.43. The summed E-state index contributed by atoms with van der Waals surface area (Å²) in [6.07, 6.45) is 0. The summed E-state index contributed by atoms with van der Waals surface area (Å²) < 4.78 is 5.96. The molecule has 184 valence electrons. The molecule has 1 aromatic heterocycles. The third-order valence-electron chi connectivity index (χ3n) is 6.44. The van der Waals surface area contributed by atoms with Gasteiger partial charge in [0.2, 0.25) is 5.91 Å². The van der Waals surface area contributed by atoms with Crippen molar-refractivity contribution in [1.82, 2.24) is 20.3 Å². The van der Waals surface area contributed by atoms with Crippen LogP contribution in [0.3, 0.4) is 0 Å². The van der Waals surface area contributed by atoms with Gasteiger partial charge in [-0.25, -0.2) is 5.01 Å². The Hall–Kier alpha value is -4.14. The van der Waals surface area contributed by atoms with Gasteiger partial charge in [-0.15, -0.1) is 0 Å². The first-order valence-corrected chi connectivity index (χ1v) is 12.0. The molecule has 2 amide bonds. The van der Waals surface area contributed by atoms with Crippen LogP contribution in [0.5, 0.6) is 5.75 Å². The van der Waals surface area contributed by atoms with Crippen molar-refractivity contribution in [2.45, 2.75) is 0 Å². The second kappa shape index (κ2) is 10.6. The minimum atomic E-state index is -0.437. The van der Waals surface area contributed by atoms with Crippen LogP contribution in [-0.4, -0.2) is 66.0 Å². The smallest absolute Gasteiger partial charge is 0.265 e. The number of nitrogens with two attached hydrogens (primary N) is 1. The Balaban J connectivity index is 1.09. The van der Waals surface area contributed by atoms with Gasteiger partial charge in [-0.1, -0.05) is 24.3 Å². The summed E-state index contributed by atoms with van der Waals surface area (Å²) >= 11 is 0. The molecule has 8 heteroatoms. The lowest BCUT2D eigenvalue weighted by Gasteiger charge is -2.34. The van der Waals surface area contributed by atoms with E-state index in [2.05, 4.69) is 15.3 Å². The van der Waals surface area contributed by atoms with E-state index in [1.165, 1.54) is 0 Å². The van der Waals surface area contributed by atoms with Crippen LogP contribution < -0.4 is 15.9 Å². The lowest BCUT2D eigenvalue weighted by Crippen LogP contribution is -2.54. The van der Waals surface area contributed by atoms with Crippen LogP contribution in [0.15, 0.2) is 78.9 Å².